The van der Waals surface area contributed by atoms with Crippen molar-refractivity contribution in [3.05, 3.63) is 77.0 Å². The van der Waals surface area contributed by atoms with Crippen LogP contribution >= 0.6 is 0 Å². The quantitative estimate of drug-likeness (QED) is 0.709. The fourth-order valence-corrected chi connectivity index (χ4v) is 3.41. The van der Waals surface area contributed by atoms with E-state index in [0.29, 0.717) is 17.2 Å². The number of anilines is 1. The summed E-state index contributed by atoms with van der Waals surface area (Å²) < 4.78 is 65.4. The first-order valence-electron chi connectivity index (χ1n) is 7.50. The van der Waals surface area contributed by atoms with Crippen molar-refractivity contribution in [3.63, 3.8) is 0 Å². The van der Waals surface area contributed by atoms with Crippen LogP contribution in [-0.4, -0.2) is 18.4 Å². The molecule has 6 nitrogen and oxygen atoms in total. The number of hydrogen-bond donors (Lipinski definition) is 2. The molecule has 1 aromatic carbocycles. The Morgan fingerprint density at radius 3 is 2.37 bits per heavy atom. The molecule has 0 aliphatic carbocycles. The number of H-pyrrole nitrogens is 1. The average Bonchev–Trinajstić information content (AvgIpc) is 2.63. The average molecular weight is 395 g/mol. The fraction of sp³-hybridized carbons (Fsp3) is 0.0588. The number of rotatable bonds is 4. The number of alkyl halides is 3. The molecular formula is C17H12F3N3O3S. The van der Waals surface area contributed by atoms with Crippen LogP contribution in [0.25, 0.3) is 11.1 Å². The first kappa shape index (κ1) is 18.6. The summed E-state index contributed by atoms with van der Waals surface area (Å²) in [6.45, 7) is 0. The van der Waals surface area contributed by atoms with Gasteiger partial charge in [0, 0.05) is 24.2 Å². The third-order valence-electron chi connectivity index (χ3n) is 3.63. The Balaban J connectivity index is 1.98. The van der Waals surface area contributed by atoms with Gasteiger partial charge < -0.3 is 4.98 Å². The molecule has 3 rings (SSSR count). The molecule has 2 heterocycles. The van der Waals surface area contributed by atoms with Gasteiger partial charge in [0.05, 0.1) is 10.5 Å². The Morgan fingerprint density at radius 1 is 1.00 bits per heavy atom. The molecule has 2 aromatic heterocycles. The lowest BCUT2D eigenvalue weighted by atomic mass is 10.1. The fourth-order valence-electron chi connectivity index (χ4n) is 2.31. The summed E-state index contributed by atoms with van der Waals surface area (Å²) in [5.41, 5.74) is -0.991. The second-order valence-corrected chi connectivity index (χ2v) is 7.18. The molecule has 0 bridgehead atoms. The van der Waals surface area contributed by atoms with Crippen molar-refractivity contribution in [2.24, 2.45) is 0 Å². The topological polar surface area (TPSA) is 91.9 Å². The summed E-state index contributed by atoms with van der Waals surface area (Å²) in [5, 5.41) is 0. The Bertz CT molecular complexity index is 1130. The Labute approximate surface area is 151 Å². The van der Waals surface area contributed by atoms with Crippen LogP contribution in [-0.2, 0) is 16.2 Å². The summed E-state index contributed by atoms with van der Waals surface area (Å²) in [6, 6.07) is 7.85. The molecule has 10 heteroatoms. The first-order chi connectivity index (χ1) is 12.7. The highest BCUT2D eigenvalue weighted by atomic mass is 32.2. The van der Waals surface area contributed by atoms with Crippen molar-refractivity contribution in [2.75, 3.05) is 4.72 Å². The molecule has 0 saturated carbocycles. The van der Waals surface area contributed by atoms with Crippen LogP contribution in [0.3, 0.4) is 0 Å². The number of pyridine rings is 2. The lowest BCUT2D eigenvalue weighted by Crippen LogP contribution is -2.20. The molecule has 0 unspecified atom stereocenters. The standard InChI is InChI=1S/C17H12F3N3O3S/c18-17(19,20)13-2-1-3-14(9-13)27(25,26)23-15-8-12(10-22-16(15)24)11-4-6-21-7-5-11/h1-10,23H,(H,22,24). The predicted molar refractivity (Wildman–Crippen MR) is 92.5 cm³/mol. The van der Waals surface area contributed by atoms with E-state index in [1.54, 1.807) is 12.1 Å². The van der Waals surface area contributed by atoms with Gasteiger partial charge in [0.25, 0.3) is 15.6 Å². The number of nitrogens with zero attached hydrogens (tertiary/aromatic N) is 1. The number of benzene rings is 1. The van der Waals surface area contributed by atoms with E-state index in [2.05, 4.69) is 9.97 Å². The van der Waals surface area contributed by atoms with Crippen molar-refractivity contribution in [1.29, 1.82) is 0 Å². The van der Waals surface area contributed by atoms with Crippen LogP contribution in [0.5, 0.6) is 0 Å². The van der Waals surface area contributed by atoms with Gasteiger partial charge >= 0.3 is 6.18 Å². The zero-order valence-corrected chi connectivity index (χ0v) is 14.3. The third-order valence-corrected chi connectivity index (χ3v) is 5.00. The first-order valence-corrected chi connectivity index (χ1v) is 8.98. The maximum atomic E-state index is 12.8. The Morgan fingerprint density at radius 2 is 1.70 bits per heavy atom. The Hall–Kier alpha value is -3.14. The molecule has 3 aromatic rings. The number of halogens is 3. The summed E-state index contributed by atoms with van der Waals surface area (Å²) in [6.07, 6.45) is -0.260. The van der Waals surface area contributed by atoms with Crippen LogP contribution in [0.1, 0.15) is 5.56 Å². The maximum absolute atomic E-state index is 12.8. The van der Waals surface area contributed by atoms with Crippen LogP contribution < -0.4 is 10.3 Å². The third kappa shape index (κ3) is 4.17. The molecular weight excluding hydrogens is 383 g/mol. The molecule has 140 valence electrons. The lowest BCUT2D eigenvalue weighted by molar-refractivity contribution is -0.137. The van der Waals surface area contributed by atoms with E-state index in [1.165, 1.54) is 24.7 Å². The summed E-state index contributed by atoms with van der Waals surface area (Å²) in [5.74, 6) is 0. The SMILES string of the molecule is O=c1[nH]cc(-c2ccncc2)cc1NS(=O)(=O)c1cccc(C(F)(F)F)c1. The minimum Gasteiger partial charge on any atom is -0.327 e. The van der Waals surface area contributed by atoms with E-state index in [4.69, 9.17) is 0 Å². The zero-order valence-electron chi connectivity index (χ0n) is 13.5. The van der Waals surface area contributed by atoms with Crippen LogP contribution in [0.4, 0.5) is 18.9 Å². The van der Waals surface area contributed by atoms with Crippen molar-refractivity contribution >= 4 is 15.7 Å². The summed E-state index contributed by atoms with van der Waals surface area (Å²) in [4.78, 5) is 17.6. The lowest BCUT2D eigenvalue weighted by Gasteiger charge is -2.11. The highest BCUT2D eigenvalue weighted by molar-refractivity contribution is 7.92. The molecule has 0 fully saturated rings. The summed E-state index contributed by atoms with van der Waals surface area (Å²) >= 11 is 0. The summed E-state index contributed by atoms with van der Waals surface area (Å²) in [7, 11) is -4.40. The second-order valence-electron chi connectivity index (χ2n) is 5.50. The molecule has 0 aliphatic rings. The molecule has 0 amide bonds. The minimum atomic E-state index is -4.69. The van der Waals surface area contributed by atoms with Crippen LogP contribution in [0.2, 0.25) is 0 Å². The van der Waals surface area contributed by atoms with Crippen molar-refractivity contribution in [3.8, 4) is 11.1 Å². The second kappa shape index (κ2) is 6.88. The molecule has 0 spiro atoms. The van der Waals surface area contributed by atoms with E-state index in [0.717, 1.165) is 18.2 Å². The molecule has 0 atom stereocenters. The van der Waals surface area contributed by atoms with Gasteiger partial charge in [-0.3, -0.25) is 14.5 Å². The monoisotopic (exact) mass is 395 g/mol. The van der Waals surface area contributed by atoms with E-state index >= 15 is 0 Å². The van der Waals surface area contributed by atoms with Crippen molar-refractivity contribution in [2.45, 2.75) is 11.1 Å². The van der Waals surface area contributed by atoms with Gasteiger partial charge in [-0.15, -0.1) is 0 Å². The molecule has 0 aliphatic heterocycles. The van der Waals surface area contributed by atoms with Gasteiger partial charge in [-0.2, -0.15) is 13.2 Å². The maximum Gasteiger partial charge on any atom is 0.416 e. The zero-order chi connectivity index (χ0) is 19.7. The van der Waals surface area contributed by atoms with Gasteiger partial charge in [0.15, 0.2) is 0 Å². The Kier molecular flexibility index (Phi) is 4.75. The number of aromatic nitrogens is 2. The van der Waals surface area contributed by atoms with Gasteiger partial charge in [-0.05, 0) is 42.0 Å². The number of nitrogens with one attached hydrogen (secondary N) is 2. The van der Waals surface area contributed by atoms with E-state index in [-0.39, 0.29) is 5.69 Å². The molecule has 0 radical (unpaired) electrons. The number of aromatic amines is 1. The molecule has 0 saturated heterocycles. The van der Waals surface area contributed by atoms with Gasteiger partial charge in [-0.1, -0.05) is 6.07 Å². The normalized spacial score (nSPS) is 12.0. The number of sulfonamides is 1. The highest BCUT2D eigenvalue weighted by Gasteiger charge is 2.31. The largest absolute Gasteiger partial charge is 0.416 e. The van der Waals surface area contributed by atoms with E-state index in [1.807, 2.05) is 4.72 Å². The van der Waals surface area contributed by atoms with E-state index < -0.39 is 32.2 Å². The van der Waals surface area contributed by atoms with Gasteiger partial charge in [-0.25, -0.2) is 8.42 Å². The van der Waals surface area contributed by atoms with Crippen molar-refractivity contribution in [1.82, 2.24) is 9.97 Å². The van der Waals surface area contributed by atoms with Crippen LogP contribution in [0, 0.1) is 0 Å². The molecule has 27 heavy (non-hydrogen) atoms. The van der Waals surface area contributed by atoms with Gasteiger partial charge in [0.1, 0.15) is 5.69 Å². The molecule has 2 N–H and O–H groups in total. The number of hydrogen-bond acceptors (Lipinski definition) is 4. The predicted octanol–water partition coefficient (Wildman–Crippen LogP) is 3.26. The highest BCUT2D eigenvalue weighted by Crippen LogP contribution is 2.30. The smallest absolute Gasteiger partial charge is 0.327 e. The minimum absolute atomic E-state index is 0.318. The van der Waals surface area contributed by atoms with E-state index in [9.17, 15) is 26.4 Å². The van der Waals surface area contributed by atoms with Crippen molar-refractivity contribution < 1.29 is 21.6 Å². The van der Waals surface area contributed by atoms with Crippen LogP contribution in [0.15, 0.2) is 70.7 Å². The van der Waals surface area contributed by atoms with Gasteiger partial charge in [0.2, 0.25) is 0 Å².